The molecule has 192 valence electrons. The van der Waals surface area contributed by atoms with Crippen LogP contribution in [0.1, 0.15) is 40.9 Å². The number of nitrogens with two attached hydrogens (primary N) is 1. The number of anilines is 1. The molecule has 0 bridgehead atoms. The van der Waals surface area contributed by atoms with Crippen LogP contribution < -0.4 is 15.8 Å². The van der Waals surface area contributed by atoms with Crippen molar-refractivity contribution in [2.75, 3.05) is 19.9 Å². The van der Waals surface area contributed by atoms with Crippen molar-refractivity contribution in [3.63, 3.8) is 0 Å². The molecule has 2 aromatic carbocycles. The van der Waals surface area contributed by atoms with Gasteiger partial charge in [0.25, 0.3) is 5.91 Å². The Bertz CT molecular complexity index is 1400. The molecule has 1 amide bonds. The third kappa shape index (κ3) is 5.30. The largest absolute Gasteiger partial charge is 0.496 e. The first-order chi connectivity index (χ1) is 18.0. The van der Waals surface area contributed by atoms with Crippen molar-refractivity contribution in [1.82, 2.24) is 15.2 Å². The highest BCUT2D eigenvalue weighted by Crippen LogP contribution is 2.38. The lowest BCUT2D eigenvalue weighted by atomic mass is 9.89. The maximum absolute atomic E-state index is 14.2. The van der Waals surface area contributed by atoms with Crippen molar-refractivity contribution < 1.29 is 9.53 Å². The van der Waals surface area contributed by atoms with Crippen LogP contribution in [0.15, 0.2) is 60.8 Å². The molecule has 1 saturated carbocycles. The first-order valence-corrected chi connectivity index (χ1v) is 13.7. The fourth-order valence-electron chi connectivity index (χ4n) is 5.17. The second kappa shape index (κ2) is 11.1. The first-order valence-electron chi connectivity index (χ1n) is 12.5. The number of ether oxygens (including phenoxy) is 1. The number of methoxy groups -OCH3 is 1. The number of carbonyl (C=O) groups is 1. The molecule has 0 radical (unpaired) electrons. The van der Waals surface area contributed by atoms with Crippen LogP contribution in [0.4, 0.5) is 5.82 Å². The summed E-state index contributed by atoms with van der Waals surface area (Å²) in [6.45, 7) is 0.428. The van der Waals surface area contributed by atoms with Crippen LogP contribution in [-0.4, -0.2) is 42.0 Å². The highest BCUT2D eigenvalue weighted by atomic mass is 35.5. The van der Waals surface area contributed by atoms with E-state index < -0.39 is 0 Å². The lowest BCUT2D eigenvalue weighted by molar-refractivity contribution is 0.0604. The third-order valence-electron chi connectivity index (χ3n) is 7.28. The quantitative estimate of drug-likeness (QED) is 0.287. The van der Waals surface area contributed by atoms with Crippen molar-refractivity contribution >= 4 is 44.7 Å². The highest BCUT2D eigenvalue weighted by Gasteiger charge is 2.32. The number of pyridine rings is 1. The predicted octanol–water partition coefficient (Wildman–Crippen LogP) is 6.38. The minimum atomic E-state index is -0.0271. The van der Waals surface area contributed by atoms with E-state index in [1.807, 2.05) is 54.4 Å². The number of aromatic nitrogens is 1. The summed E-state index contributed by atoms with van der Waals surface area (Å²) in [5, 5.41) is 4.85. The second-order valence-corrected chi connectivity index (χ2v) is 10.9. The topological polar surface area (TPSA) is 80.5 Å². The smallest absolute Gasteiger partial charge is 0.266 e. The van der Waals surface area contributed by atoms with Crippen LogP contribution >= 0.6 is 22.9 Å². The van der Waals surface area contributed by atoms with Gasteiger partial charge in [0.15, 0.2) is 0 Å². The number of thiophene rings is 1. The van der Waals surface area contributed by atoms with E-state index >= 15 is 0 Å². The molecule has 8 heteroatoms. The molecule has 0 unspecified atom stereocenters. The molecule has 1 aliphatic carbocycles. The third-order valence-corrected chi connectivity index (χ3v) is 8.94. The molecule has 0 spiro atoms. The number of nitrogens with one attached hydrogen (secondary N) is 1. The number of carbonyl (C=O) groups excluding carboxylic acids is 1. The molecule has 0 saturated heterocycles. The maximum atomic E-state index is 14.2. The average molecular weight is 535 g/mol. The van der Waals surface area contributed by atoms with Gasteiger partial charge in [-0.05, 0) is 68.6 Å². The van der Waals surface area contributed by atoms with Gasteiger partial charge in [0, 0.05) is 46.0 Å². The zero-order valence-electron chi connectivity index (χ0n) is 21.0. The van der Waals surface area contributed by atoms with Crippen LogP contribution in [0, 0.1) is 0 Å². The van der Waals surface area contributed by atoms with Crippen LogP contribution in [-0.2, 0) is 6.54 Å². The summed E-state index contributed by atoms with van der Waals surface area (Å²) in [6.07, 6.45) is 5.69. The fraction of sp³-hybridized carbons (Fsp3) is 0.310. The first kappa shape index (κ1) is 25.5. The van der Waals surface area contributed by atoms with E-state index in [1.165, 1.54) is 11.3 Å². The van der Waals surface area contributed by atoms with E-state index in [2.05, 4.69) is 16.4 Å². The van der Waals surface area contributed by atoms with Gasteiger partial charge in [-0.1, -0.05) is 35.9 Å². The Morgan fingerprint density at radius 3 is 2.57 bits per heavy atom. The number of fused-ring (bicyclic) bond motifs is 1. The summed E-state index contributed by atoms with van der Waals surface area (Å²) >= 11 is 8.24. The zero-order valence-corrected chi connectivity index (χ0v) is 22.6. The Kier molecular flexibility index (Phi) is 7.65. The maximum Gasteiger partial charge on any atom is 0.266 e. The number of amides is 1. The Morgan fingerprint density at radius 1 is 1.14 bits per heavy atom. The number of nitrogen functional groups attached to an aromatic ring is 1. The fourth-order valence-corrected chi connectivity index (χ4v) is 6.63. The Morgan fingerprint density at radius 2 is 1.89 bits per heavy atom. The molecular formula is C29H31ClN4O2S. The molecule has 3 N–H and O–H groups in total. The van der Waals surface area contributed by atoms with Crippen molar-refractivity contribution in [1.29, 1.82) is 0 Å². The lowest BCUT2D eigenvalue weighted by Crippen LogP contribution is -2.44. The summed E-state index contributed by atoms with van der Waals surface area (Å²) < 4.78 is 6.75. The molecular weight excluding hydrogens is 504 g/mol. The molecule has 2 aromatic heterocycles. The van der Waals surface area contributed by atoms with Crippen molar-refractivity contribution in [3.8, 4) is 16.9 Å². The van der Waals surface area contributed by atoms with E-state index in [4.69, 9.17) is 22.1 Å². The number of halogens is 1. The molecule has 2 heterocycles. The van der Waals surface area contributed by atoms with Gasteiger partial charge in [0.05, 0.1) is 12.1 Å². The van der Waals surface area contributed by atoms with Crippen LogP contribution in [0.25, 0.3) is 21.2 Å². The SMILES string of the molecule is CNC1CCC(N(Cc2cc(-c3ccc(N)nc3)ccc2OC)C(=O)c2sc3ccccc3c2Cl)CC1. The molecule has 6 nitrogen and oxygen atoms in total. The summed E-state index contributed by atoms with van der Waals surface area (Å²) in [5.41, 5.74) is 8.68. The van der Waals surface area contributed by atoms with E-state index in [0.717, 1.165) is 58.2 Å². The van der Waals surface area contributed by atoms with Gasteiger partial charge in [-0.25, -0.2) is 4.98 Å². The second-order valence-electron chi connectivity index (χ2n) is 9.47. The molecule has 1 aliphatic rings. The number of rotatable bonds is 7. The van der Waals surface area contributed by atoms with E-state index in [1.54, 1.807) is 19.4 Å². The van der Waals surface area contributed by atoms with Gasteiger partial charge in [0.1, 0.15) is 16.4 Å². The molecule has 0 atom stereocenters. The van der Waals surface area contributed by atoms with Gasteiger partial charge < -0.3 is 20.7 Å². The van der Waals surface area contributed by atoms with E-state index in [9.17, 15) is 4.79 Å². The minimum absolute atomic E-state index is 0.0271. The van der Waals surface area contributed by atoms with Crippen molar-refractivity contribution in [2.45, 2.75) is 44.3 Å². The highest BCUT2D eigenvalue weighted by molar-refractivity contribution is 7.21. The number of hydrogen-bond acceptors (Lipinski definition) is 6. The molecule has 37 heavy (non-hydrogen) atoms. The van der Waals surface area contributed by atoms with E-state index in [-0.39, 0.29) is 11.9 Å². The molecule has 1 fully saturated rings. The lowest BCUT2D eigenvalue weighted by Gasteiger charge is -2.37. The van der Waals surface area contributed by atoms with Gasteiger partial charge in [-0.15, -0.1) is 11.3 Å². The van der Waals surface area contributed by atoms with Crippen LogP contribution in [0.2, 0.25) is 5.02 Å². The monoisotopic (exact) mass is 534 g/mol. The summed E-state index contributed by atoms with van der Waals surface area (Å²) in [4.78, 5) is 21.0. The Hall–Kier alpha value is -3.13. The van der Waals surface area contributed by atoms with E-state index in [0.29, 0.717) is 28.3 Å². The van der Waals surface area contributed by atoms with Gasteiger partial charge >= 0.3 is 0 Å². The van der Waals surface area contributed by atoms with Gasteiger partial charge in [-0.2, -0.15) is 0 Å². The van der Waals surface area contributed by atoms with Gasteiger partial charge in [0.2, 0.25) is 0 Å². The van der Waals surface area contributed by atoms with Crippen molar-refractivity contribution in [3.05, 3.63) is 76.3 Å². The summed E-state index contributed by atoms with van der Waals surface area (Å²) in [5.74, 6) is 1.20. The van der Waals surface area contributed by atoms with Crippen LogP contribution in [0.5, 0.6) is 5.75 Å². The summed E-state index contributed by atoms with van der Waals surface area (Å²) in [7, 11) is 3.67. The minimum Gasteiger partial charge on any atom is -0.496 e. The Labute approximate surface area is 226 Å². The van der Waals surface area contributed by atoms with Crippen molar-refractivity contribution in [2.24, 2.45) is 0 Å². The number of nitrogens with zero attached hydrogens (tertiary/aromatic N) is 2. The van der Waals surface area contributed by atoms with Crippen LogP contribution in [0.3, 0.4) is 0 Å². The average Bonchev–Trinajstić information content (AvgIpc) is 3.28. The molecule has 5 rings (SSSR count). The summed E-state index contributed by atoms with van der Waals surface area (Å²) in [6, 6.07) is 18.3. The standard InChI is InChI=1S/C29H31ClN4O2S/c1-32-21-9-11-22(12-10-21)34(29(35)28-27(30)23-5-3-4-6-25(23)37-28)17-20-15-18(7-13-24(20)36-2)19-8-14-26(31)33-16-19/h3-8,13-16,21-22,32H,9-12,17H2,1-2H3,(H2,31,33). The normalized spacial score (nSPS) is 17.6. The number of hydrogen-bond donors (Lipinski definition) is 2. The molecule has 4 aromatic rings. The molecule has 0 aliphatic heterocycles. The zero-order chi connectivity index (χ0) is 25.9. The number of benzene rings is 2. The Balaban J connectivity index is 1.52. The predicted molar refractivity (Wildman–Crippen MR) is 152 cm³/mol. The van der Waals surface area contributed by atoms with Gasteiger partial charge in [-0.3, -0.25) is 4.79 Å².